The van der Waals surface area contributed by atoms with E-state index in [1.54, 1.807) is 13.1 Å². The van der Waals surface area contributed by atoms with Gasteiger partial charge in [-0.15, -0.1) is 10.2 Å². The molecule has 5 nitrogen and oxygen atoms in total. The number of aromatic nitrogens is 2. The molecule has 3 rings (SSSR count). The quantitative estimate of drug-likeness (QED) is 0.811. The highest BCUT2D eigenvalue weighted by molar-refractivity contribution is 5.91. The first-order valence-corrected chi connectivity index (χ1v) is 6.73. The van der Waals surface area contributed by atoms with Gasteiger partial charge in [0.25, 0.3) is 5.91 Å². The van der Waals surface area contributed by atoms with E-state index in [1.807, 2.05) is 6.07 Å². The molecule has 2 atom stereocenters. The topological polar surface area (TPSA) is 58.1 Å². The summed E-state index contributed by atoms with van der Waals surface area (Å²) < 4.78 is 0. The number of nitrogens with zero attached hydrogens (tertiary/aromatic N) is 3. The van der Waals surface area contributed by atoms with Crippen LogP contribution in [0.2, 0.25) is 0 Å². The minimum absolute atomic E-state index is 0.196. The van der Waals surface area contributed by atoms with E-state index in [2.05, 4.69) is 32.6 Å². The van der Waals surface area contributed by atoms with Crippen LogP contribution in [0.3, 0.4) is 0 Å². The molecule has 19 heavy (non-hydrogen) atoms. The van der Waals surface area contributed by atoms with E-state index in [-0.39, 0.29) is 5.91 Å². The fourth-order valence-electron chi connectivity index (χ4n) is 2.94. The molecule has 0 spiro atoms. The number of nitrogens with one attached hydrogen (secondary N) is 1. The highest BCUT2D eigenvalue weighted by Crippen LogP contribution is 2.34. The first-order valence-electron chi connectivity index (χ1n) is 6.73. The van der Waals surface area contributed by atoms with Gasteiger partial charge in [-0.3, -0.25) is 4.79 Å². The van der Waals surface area contributed by atoms with Gasteiger partial charge in [0.15, 0.2) is 11.5 Å². The van der Waals surface area contributed by atoms with E-state index in [4.69, 9.17) is 0 Å². The predicted molar refractivity (Wildman–Crippen MR) is 73.0 cm³/mol. The van der Waals surface area contributed by atoms with Crippen molar-refractivity contribution in [3.8, 4) is 0 Å². The Balaban J connectivity index is 1.72. The molecule has 0 saturated carbocycles. The van der Waals surface area contributed by atoms with Crippen LogP contribution in [0.5, 0.6) is 0 Å². The van der Waals surface area contributed by atoms with Crippen LogP contribution in [0.1, 0.15) is 23.3 Å². The number of carbonyl (C=O) groups is 1. The molecule has 2 heterocycles. The van der Waals surface area contributed by atoms with Crippen LogP contribution in [0.15, 0.2) is 24.3 Å². The number of anilines is 1. The fourth-order valence-corrected chi connectivity index (χ4v) is 2.94. The number of carbonyl (C=O) groups excluding carboxylic acids is 1. The van der Waals surface area contributed by atoms with Crippen molar-refractivity contribution in [2.45, 2.75) is 12.8 Å². The molecule has 1 aliphatic carbocycles. The van der Waals surface area contributed by atoms with Crippen LogP contribution in [0, 0.1) is 11.8 Å². The summed E-state index contributed by atoms with van der Waals surface area (Å²) in [6, 6.07) is 3.63. The van der Waals surface area contributed by atoms with Crippen molar-refractivity contribution in [3.05, 3.63) is 30.0 Å². The first-order chi connectivity index (χ1) is 9.28. The molecule has 1 aromatic heterocycles. The zero-order valence-electron chi connectivity index (χ0n) is 11.0. The Morgan fingerprint density at radius 2 is 1.89 bits per heavy atom. The maximum Gasteiger partial charge on any atom is 0.271 e. The molecule has 0 radical (unpaired) electrons. The summed E-state index contributed by atoms with van der Waals surface area (Å²) in [5, 5.41) is 10.7. The Bertz CT molecular complexity index is 481. The molecule has 100 valence electrons. The lowest BCUT2D eigenvalue weighted by atomic mass is 9.86. The second-order valence-electron chi connectivity index (χ2n) is 5.22. The van der Waals surface area contributed by atoms with Gasteiger partial charge in [0, 0.05) is 20.1 Å². The third-order valence-electron chi connectivity index (χ3n) is 4.05. The fraction of sp³-hybridized carbons (Fsp3) is 0.500. The van der Waals surface area contributed by atoms with E-state index in [9.17, 15) is 4.79 Å². The minimum atomic E-state index is -0.196. The van der Waals surface area contributed by atoms with Gasteiger partial charge < -0.3 is 10.2 Å². The van der Waals surface area contributed by atoms with E-state index >= 15 is 0 Å². The summed E-state index contributed by atoms with van der Waals surface area (Å²) in [6.07, 6.45) is 6.91. The van der Waals surface area contributed by atoms with Gasteiger partial charge in [-0.2, -0.15) is 0 Å². The Morgan fingerprint density at radius 1 is 1.21 bits per heavy atom. The van der Waals surface area contributed by atoms with Crippen molar-refractivity contribution in [1.29, 1.82) is 0 Å². The molecule has 1 N–H and O–H groups in total. The Morgan fingerprint density at radius 3 is 2.42 bits per heavy atom. The highest BCUT2D eigenvalue weighted by atomic mass is 16.1. The van der Waals surface area contributed by atoms with E-state index in [0.717, 1.165) is 30.7 Å². The van der Waals surface area contributed by atoms with Crippen molar-refractivity contribution < 1.29 is 4.79 Å². The van der Waals surface area contributed by atoms with E-state index in [0.29, 0.717) is 5.69 Å². The summed E-state index contributed by atoms with van der Waals surface area (Å²) in [6.45, 7) is 2.09. The maximum atomic E-state index is 11.4. The van der Waals surface area contributed by atoms with Crippen molar-refractivity contribution in [2.75, 3.05) is 25.0 Å². The highest BCUT2D eigenvalue weighted by Gasteiger charge is 2.33. The SMILES string of the molecule is CNC(=O)c1ccc(N2C[C@H]3CC=CC[C@@H]3C2)nn1. The Kier molecular flexibility index (Phi) is 3.19. The molecule has 1 aliphatic heterocycles. The lowest BCUT2D eigenvalue weighted by molar-refractivity contribution is 0.0957. The van der Waals surface area contributed by atoms with E-state index < -0.39 is 0 Å². The largest absolute Gasteiger partial charge is 0.355 e. The predicted octanol–water partition coefficient (Wildman–Crippen LogP) is 1.24. The van der Waals surface area contributed by atoms with Crippen molar-refractivity contribution in [3.63, 3.8) is 0 Å². The molecule has 0 unspecified atom stereocenters. The summed E-state index contributed by atoms with van der Waals surface area (Å²) in [5.74, 6) is 2.16. The van der Waals surface area contributed by atoms with Crippen LogP contribution < -0.4 is 10.2 Å². The Labute approximate surface area is 112 Å². The van der Waals surface area contributed by atoms with Gasteiger partial charge in [0.2, 0.25) is 0 Å². The average Bonchev–Trinajstić information content (AvgIpc) is 2.90. The van der Waals surface area contributed by atoms with Gasteiger partial charge in [-0.1, -0.05) is 12.2 Å². The molecular weight excluding hydrogens is 240 g/mol. The molecule has 0 aromatic carbocycles. The number of rotatable bonds is 2. The summed E-state index contributed by atoms with van der Waals surface area (Å²) in [7, 11) is 1.59. The van der Waals surface area contributed by atoms with Crippen LogP contribution in [0.4, 0.5) is 5.82 Å². The molecule has 1 aromatic rings. The standard InChI is InChI=1S/C14H18N4O/c1-15-14(19)12-6-7-13(17-16-12)18-8-10-4-2-3-5-11(10)9-18/h2-3,6-7,10-11H,4-5,8-9H2,1H3,(H,15,19)/t10-,11-/m1/s1. The molecule has 5 heteroatoms. The number of allylic oxidation sites excluding steroid dienone is 2. The van der Waals surface area contributed by atoms with Crippen molar-refractivity contribution in [2.24, 2.45) is 11.8 Å². The first kappa shape index (κ1) is 12.1. The third kappa shape index (κ3) is 2.32. The number of amides is 1. The summed E-state index contributed by atoms with van der Waals surface area (Å²) >= 11 is 0. The Hall–Kier alpha value is -1.91. The molecule has 1 amide bonds. The van der Waals surface area contributed by atoms with Gasteiger partial charge >= 0.3 is 0 Å². The number of fused-ring (bicyclic) bond motifs is 1. The van der Waals surface area contributed by atoms with Gasteiger partial charge in [0.05, 0.1) is 0 Å². The smallest absolute Gasteiger partial charge is 0.271 e. The zero-order chi connectivity index (χ0) is 13.2. The van der Waals surface area contributed by atoms with Crippen molar-refractivity contribution in [1.82, 2.24) is 15.5 Å². The van der Waals surface area contributed by atoms with E-state index in [1.165, 1.54) is 12.8 Å². The van der Waals surface area contributed by atoms with Crippen molar-refractivity contribution >= 4 is 11.7 Å². The number of hydrogen-bond donors (Lipinski definition) is 1. The van der Waals surface area contributed by atoms with Crippen LogP contribution in [-0.4, -0.2) is 36.2 Å². The normalized spacial score (nSPS) is 25.2. The maximum absolute atomic E-state index is 11.4. The average molecular weight is 258 g/mol. The molecular formula is C14H18N4O. The molecule has 1 saturated heterocycles. The van der Waals surface area contributed by atoms with Crippen LogP contribution in [0.25, 0.3) is 0 Å². The summed E-state index contributed by atoms with van der Waals surface area (Å²) in [4.78, 5) is 13.7. The summed E-state index contributed by atoms with van der Waals surface area (Å²) in [5.41, 5.74) is 0.365. The van der Waals surface area contributed by atoms with Crippen LogP contribution >= 0.6 is 0 Å². The molecule has 2 aliphatic rings. The van der Waals surface area contributed by atoms with Crippen LogP contribution in [-0.2, 0) is 0 Å². The lowest BCUT2D eigenvalue weighted by Gasteiger charge is -2.17. The van der Waals surface area contributed by atoms with Gasteiger partial charge in [0.1, 0.15) is 0 Å². The lowest BCUT2D eigenvalue weighted by Crippen LogP contribution is -2.23. The molecule has 1 fully saturated rings. The molecule has 0 bridgehead atoms. The van der Waals surface area contributed by atoms with Gasteiger partial charge in [-0.25, -0.2) is 0 Å². The second-order valence-corrected chi connectivity index (χ2v) is 5.22. The second kappa shape index (κ2) is 4.99. The number of hydrogen-bond acceptors (Lipinski definition) is 4. The monoisotopic (exact) mass is 258 g/mol. The third-order valence-corrected chi connectivity index (χ3v) is 4.05. The van der Waals surface area contributed by atoms with Gasteiger partial charge in [-0.05, 0) is 36.8 Å². The zero-order valence-corrected chi connectivity index (χ0v) is 11.0. The minimum Gasteiger partial charge on any atom is -0.355 e.